The third-order valence-electron chi connectivity index (χ3n) is 4.95. The van der Waals surface area contributed by atoms with Gasteiger partial charge in [0.05, 0.1) is 16.8 Å². The first-order chi connectivity index (χ1) is 12.7. The molecule has 2 aromatic carbocycles. The number of fused-ring (bicyclic) bond motifs is 2. The minimum absolute atomic E-state index is 0.0545. The summed E-state index contributed by atoms with van der Waals surface area (Å²) >= 11 is 0. The fraction of sp³-hybridized carbons (Fsp3) is 0.0909. The third kappa shape index (κ3) is 2.30. The summed E-state index contributed by atoms with van der Waals surface area (Å²) in [4.78, 5) is 17.0. The summed E-state index contributed by atoms with van der Waals surface area (Å²) in [6, 6.07) is 15.9. The number of para-hydroxylation sites is 2. The van der Waals surface area contributed by atoms with Crippen LogP contribution in [-0.2, 0) is 17.6 Å². The topological polar surface area (TPSA) is 61.7 Å². The number of Topliss-reactive ketones (excluding diaryl/α,β-unsaturated/α-hetero) is 1. The molecule has 0 fully saturated rings. The van der Waals surface area contributed by atoms with Gasteiger partial charge < -0.3 is 10.4 Å². The van der Waals surface area contributed by atoms with E-state index in [4.69, 9.17) is 0 Å². The van der Waals surface area contributed by atoms with Crippen molar-refractivity contribution in [3.63, 3.8) is 0 Å². The van der Waals surface area contributed by atoms with E-state index in [-0.39, 0.29) is 11.5 Å². The van der Waals surface area contributed by atoms with Crippen molar-refractivity contribution in [1.29, 1.82) is 0 Å². The van der Waals surface area contributed by atoms with Crippen molar-refractivity contribution in [3.8, 4) is 0 Å². The summed E-state index contributed by atoms with van der Waals surface area (Å²) in [6.45, 7) is 0. The smallest absolute Gasteiger partial charge is 0.200 e. The lowest BCUT2D eigenvalue weighted by molar-refractivity contribution is -0.113. The van der Waals surface area contributed by atoms with Crippen LogP contribution in [0.5, 0.6) is 0 Å². The van der Waals surface area contributed by atoms with Crippen LogP contribution >= 0.6 is 0 Å². The molecule has 2 N–H and O–H groups in total. The number of nitrogens with one attached hydrogen (secondary N) is 1. The Balaban J connectivity index is 1.39. The fourth-order valence-corrected chi connectivity index (χ4v) is 3.60. The lowest BCUT2D eigenvalue weighted by Gasteiger charge is -2.19. The molecule has 0 atom stereocenters. The Bertz CT molecular complexity index is 1060. The average Bonchev–Trinajstić information content (AvgIpc) is 3.26. The van der Waals surface area contributed by atoms with E-state index in [2.05, 4.69) is 16.4 Å². The molecule has 126 valence electrons. The minimum Gasteiger partial charge on any atom is -0.506 e. The zero-order valence-electron chi connectivity index (χ0n) is 14.0. The molecule has 0 saturated carbocycles. The molecule has 2 aromatic rings. The molecule has 0 spiro atoms. The van der Waals surface area contributed by atoms with Gasteiger partial charge in [-0.1, -0.05) is 36.4 Å². The second kappa shape index (κ2) is 5.56. The first kappa shape index (κ1) is 14.9. The molecule has 0 bridgehead atoms. The molecule has 0 saturated heterocycles. The number of aliphatic hydroxyl groups is 1. The van der Waals surface area contributed by atoms with E-state index in [9.17, 15) is 9.90 Å². The number of benzene rings is 2. The van der Waals surface area contributed by atoms with Crippen LogP contribution in [0, 0.1) is 0 Å². The van der Waals surface area contributed by atoms with E-state index in [0.717, 1.165) is 34.8 Å². The number of ketones is 1. The summed E-state index contributed by atoms with van der Waals surface area (Å²) in [6.07, 6.45) is 4.88. The third-order valence-corrected chi connectivity index (χ3v) is 4.95. The average molecular weight is 340 g/mol. The van der Waals surface area contributed by atoms with Crippen molar-refractivity contribution in [1.82, 2.24) is 0 Å². The molecule has 5 rings (SSSR count). The molecule has 26 heavy (non-hydrogen) atoms. The highest BCUT2D eigenvalue weighted by molar-refractivity contribution is 6.24. The summed E-state index contributed by atoms with van der Waals surface area (Å²) < 4.78 is 0. The Hall–Kier alpha value is -3.40. The van der Waals surface area contributed by atoms with Crippen LogP contribution in [0.3, 0.4) is 0 Å². The van der Waals surface area contributed by atoms with E-state index < -0.39 is 0 Å². The SMILES string of the molecule is O=C1C(/C=C2\Cc3ccccc3N2)=C(O)C/1=C\C1=Nc2ccccc2C1. The number of hydrogen-bond acceptors (Lipinski definition) is 4. The van der Waals surface area contributed by atoms with Gasteiger partial charge in [-0.25, -0.2) is 0 Å². The molecule has 1 aliphatic carbocycles. The lowest BCUT2D eigenvalue weighted by Crippen LogP contribution is -2.22. The Morgan fingerprint density at radius 1 is 0.962 bits per heavy atom. The van der Waals surface area contributed by atoms with Crippen LogP contribution in [-0.4, -0.2) is 16.6 Å². The molecule has 0 radical (unpaired) electrons. The van der Waals surface area contributed by atoms with Crippen molar-refractivity contribution < 1.29 is 9.90 Å². The summed E-state index contributed by atoms with van der Waals surface area (Å²) in [5.41, 5.74) is 6.76. The largest absolute Gasteiger partial charge is 0.506 e. The molecular weight excluding hydrogens is 324 g/mol. The Kier molecular flexibility index (Phi) is 3.19. The van der Waals surface area contributed by atoms with Gasteiger partial charge in [0.15, 0.2) is 0 Å². The van der Waals surface area contributed by atoms with Crippen LogP contribution in [0.25, 0.3) is 0 Å². The number of aliphatic hydroxyl groups excluding tert-OH is 1. The van der Waals surface area contributed by atoms with Gasteiger partial charge in [0.1, 0.15) is 5.76 Å². The molecular formula is C22H16N2O2. The van der Waals surface area contributed by atoms with Crippen molar-refractivity contribution in [2.75, 3.05) is 5.32 Å². The van der Waals surface area contributed by atoms with Crippen LogP contribution < -0.4 is 5.32 Å². The van der Waals surface area contributed by atoms with Gasteiger partial charge in [0.2, 0.25) is 5.78 Å². The molecule has 4 heteroatoms. The van der Waals surface area contributed by atoms with Gasteiger partial charge in [0, 0.05) is 29.9 Å². The lowest BCUT2D eigenvalue weighted by atomic mass is 9.86. The molecule has 0 aromatic heterocycles. The predicted octanol–water partition coefficient (Wildman–Crippen LogP) is 4.19. The maximum Gasteiger partial charge on any atom is 0.200 e. The van der Waals surface area contributed by atoms with E-state index in [1.54, 1.807) is 12.2 Å². The number of hydrogen-bond donors (Lipinski definition) is 2. The molecule has 0 amide bonds. The van der Waals surface area contributed by atoms with Crippen molar-refractivity contribution in [3.05, 3.63) is 94.4 Å². The highest BCUT2D eigenvalue weighted by Gasteiger charge is 2.33. The monoisotopic (exact) mass is 340 g/mol. The number of nitrogens with zero attached hydrogens (tertiary/aromatic N) is 1. The second-order valence-corrected chi connectivity index (χ2v) is 6.69. The molecule has 2 heterocycles. The number of rotatable bonds is 2. The zero-order valence-corrected chi connectivity index (χ0v) is 14.0. The second-order valence-electron chi connectivity index (χ2n) is 6.69. The Labute approximate surface area is 150 Å². The predicted molar refractivity (Wildman–Crippen MR) is 102 cm³/mol. The van der Waals surface area contributed by atoms with Crippen molar-refractivity contribution >= 4 is 22.9 Å². The van der Waals surface area contributed by atoms with Crippen molar-refractivity contribution in [2.24, 2.45) is 4.99 Å². The van der Waals surface area contributed by atoms with E-state index >= 15 is 0 Å². The van der Waals surface area contributed by atoms with Crippen LogP contribution in [0.4, 0.5) is 11.4 Å². The maximum atomic E-state index is 12.5. The highest BCUT2D eigenvalue weighted by atomic mass is 16.3. The van der Waals surface area contributed by atoms with Gasteiger partial charge in [-0.15, -0.1) is 0 Å². The fourth-order valence-electron chi connectivity index (χ4n) is 3.60. The first-order valence-corrected chi connectivity index (χ1v) is 8.60. The number of carbonyl (C=O) groups excluding carboxylic acids is 1. The summed E-state index contributed by atoms with van der Waals surface area (Å²) in [5.74, 6) is -0.0784. The standard InChI is InChI=1S/C22H16N2O2/c25-21-17(11-15-9-13-5-1-3-7-19(13)23-15)22(26)18(21)12-16-10-14-6-2-4-8-20(14)24-16/h1-8,11-12,23,25H,9-10H2/b15-11+,18-12+. The van der Waals surface area contributed by atoms with Gasteiger partial charge in [0.25, 0.3) is 0 Å². The maximum absolute atomic E-state index is 12.5. The molecule has 2 aliphatic heterocycles. The Morgan fingerprint density at radius 3 is 2.50 bits per heavy atom. The van der Waals surface area contributed by atoms with Crippen LogP contribution in [0.1, 0.15) is 11.1 Å². The normalized spacial score (nSPS) is 20.8. The molecule has 4 nitrogen and oxygen atoms in total. The van der Waals surface area contributed by atoms with Gasteiger partial charge in [-0.2, -0.15) is 0 Å². The van der Waals surface area contributed by atoms with Crippen LogP contribution in [0.2, 0.25) is 0 Å². The van der Waals surface area contributed by atoms with Crippen molar-refractivity contribution in [2.45, 2.75) is 12.8 Å². The number of allylic oxidation sites excluding steroid dienone is 5. The zero-order chi connectivity index (χ0) is 17.7. The first-order valence-electron chi connectivity index (χ1n) is 8.60. The van der Waals surface area contributed by atoms with E-state index in [1.165, 1.54) is 5.56 Å². The number of carbonyl (C=O) groups is 1. The molecule has 3 aliphatic rings. The van der Waals surface area contributed by atoms with E-state index in [1.807, 2.05) is 42.5 Å². The summed E-state index contributed by atoms with van der Waals surface area (Å²) in [5, 5.41) is 13.7. The number of anilines is 1. The number of aliphatic imine (C=N–C) groups is 1. The van der Waals surface area contributed by atoms with Gasteiger partial charge >= 0.3 is 0 Å². The Morgan fingerprint density at radius 2 is 1.73 bits per heavy atom. The van der Waals surface area contributed by atoms with Gasteiger partial charge in [-0.3, -0.25) is 9.79 Å². The minimum atomic E-state index is -0.133. The highest BCUT2D eigenvalue weighted by Crippen LogP contribution is 2.35. The van der Waals surface area contributed by atoms with Crippen LogP contribution in [0.15, 0.2) is 88.3 Å². The molecule has 0 unspecified atom stereocenters. The quantitative estimate of drug-likeness (QED) is 0.806. The van der Waals surface area contributed by atoms with Gasteiger partial charge in [-0.05, 0) is 35.4 Å². The summed E-state index contributed by atoms with van der Waals surface area (Å²) in [7, 11) is 0. The van der Waals surface area contributed by atoms with E-state index in [0.29, 0.717) is 17.6 Å².